The second-order valence-electron chi connectivity index (χ2n) is 5.34. The molecule has 0 fully saturated rings. The number of fused-ring (bicyclic) bond motifs is 1. The van der Waals surface area contributed by atoms with Gasteiger partial charge in [0, 0.05) is 10.9 Å². The van der Waals surface area contributed by atoms with E-state index >= 15 is 0 Å². The van der Waals surface area contributed by atoms with Crippen molar-refractivity contribution in [2.75, 3.05) is 0 Å². The Hall–Kier alpha value is -2.95. The number of H-pyrrole nitrogens is 1. The number of hydrogen-bond acceptors (Lipinski definition) is 3. The van der Waals surface area contributed by atoms with Gasteiger partial charge in [-0.25, -0.2) is 4.68 Å². The number of rotatable bonds is 3. The van der Waals surface area contributed by atoms with E-state index in [1.54, 1.807) is 0 Å². The summed E-state index contributed by atoms with van der Waals surface area (Å²) in [6.07, 6.45) is 1.82. The second kappa shape index (κ2) is 5.11. The van der Waals surface area contributed by atoms with Gasteiger partial charge in [0.15, 0.2) is 0 Å². The van der Waals surface area contributed by atoms with Gasteiger partial charge in [-0.3, -0.25) is 5.10 Å². The number of hydrogen-bond donors (Lipinski definition) is 1. The molecule has 0 unspecified atom stereocenters. The molecule has 1 N–H and O–H groups in total. The summed E-state index contributed by atoms with van der Waals surface area (Å²) in [7, 11) is 0. The first-order valence-corrected chi connectivity index (χ1v) is 7.19. The molecule has 0 saturated carbocycles. The molecule has 5 heteroatoms. The zero-order valence-corrected chi connectivity index (χ0v) is 12.2. The summed E-state index contributed by atoms with van der Waals surface area (Å²) >= 11 is 0. The Balaban J connectivity index is 1.71. The van der Waals surface area contributed by atoms with Crippen LogP contribution in [0.3, 0.4) is 0 Å². The average Bonchev–Trinajstić information content (AvgIpc) is 3.15. The lowest BCUT2D eigenvalue weighted by Gasteiger charge is -2.04. The van der Waals surface area contributed by atoms with Gasteiger partial charge in [-0.15, -0.1) is 5.10 Å². The topological polar surface area (TPSA) is 59.4 Å². The molecule has 2 aromatic heterocycles. The molecule has 4 aromatic rings. The van der Waals surface area contributed by atoms with Crippen molar-refractivity contribution in [2.24, 2.45) is 0 Å². The molecule has 108 valence electrons. The number of benzene rings is 2. The van der Waals surface area contributed by atoms with Crippen molar-refractivity contribution in [1.29, 1.82) is 0 Å². The Morgan fingerprint density at radius 2 is 1.95 bits per heavy atom. The molecule has 2 heterocycles. The van der Waals surface area contributed by atoms with Crippen LogP contribution >= 0.6 is 0 Å². The second-order valence-corrected chi connectivity index (χ2v) is 5.34. The maximum absolute atomic E-state index is 4.36. The lowest BCUT2D eigenvalue weighted by molar-refractivity contribution is 0.633. The molecule has 5 nitrogen and oxygen atoms in total. The lowest BCUT2D eigenvalue weighted by atomic mass is 10.1. The van der Waals surface area contributed by atoms with E-state index in [2.05, 4.69) is 45.6 Å². The molecule has 0 atom stereocenters. The van der Waals surface area contributed by atoms with Crippen molar-refractivity contribution in [2.45, 2.75) is 13.5 Å². The largest absolute Gasteiger partial charge is 0.278 e. The average molecular weight is 289 g/mol. The van der Waals surface area contributed by atoms with Crippen LogP contribution in [0.5, 0.6) is 0 Å². The minimum absolute atomic E-state index is 0.730. The van der Waals surface area contributed by atoms with Gasteiger partial charge in [0.2, 0.25) is 0 Å². The maximum atomic E-state index is 4.36. The fourth-order valence-electron chi connectivity index (χ4n) is 2.62. The predicted octanol–water partition coefficient (Wildman–Crippen LogP) is 3.18. The Labute approximate surface area is 127 Å². The van der Waals surface area contributed by atoms with E-state index in [-0.39, 0.29) is 0 Å². The summed E-state index contributed by atoms with van der Waals surface area (Å²) in [4.78, 5) is 0. The first-order valence-electron chi connectivity index (χ1n) is 7.19. The summed E-state index contributed by atoms with van der Waals surface area (Å²) in [6, 6.07) is 16.4. The van der Waals surface area contributed by atoms with Gasteiger partial charge >= 0.3 is 0 Å². The van der Waals surface area contributed by atoms with E-state index in [1.165, 1.54) is 5.56 Å². The van der Waals surface area contributed by atoms with Crippen LogP contribution in [-0.2, 0) is 6.54 Å². The van der Waals surface area contributed by atoms with Crippen LogP contribution in [0, 0.1) is 6.92 Å². The fourth-order valence-corrected chi connectivity index (χ4v) is 2.62. The highest BCUT2D eigenvalue weighted by atomic mass is 15.4. The molecule has 4 rings (SSSR count). The molecule has 22 heavy (non-hydrogen) atoms. The minimum Gasteiger partial charge on any atom is -0.278 e. The van der Waals surface area contributed by atoms with E-state index in [0.29, 0.717) is 0 Å². The minimum atomic E-state index is 0.730. The van der Waals surface area contributed by atoms with Gasteiger partial charge in [-0.1, -0.05) is 41.6 Å². The normalized spacial score (nSPS) is 11.1. The summed E-state index contributed by atoms with van der Waals surface area (Å²) in [5, 5.41) is 16.7. The van der Waals surface area contributed by atoms with Gasteiger partial charge in [-0.05, 0) is 24.6 Å². The third kappa shape index (κ3) is 2.16. The van der Waals surface area contributed by atoms with Crippen LogP contribution in [-0.4, -0.2) is 25.2 Å². The van der Waals surface area contributed by atoms with Crippen molar-refractivity contribution < 1.29 is 0 Å². The highest BCUT2D eigenvalue weighted by Crippen LogP contribution is 2.24. The fraction of sp³-hybridized carbons (Fsp3) is 0.118. The van der Waals surface area contributed by atoms with E-state index in [1.807, 2.05) is 41.2 Å². The monoisotopic (exact) mass is 289 g/mol. The van der Waals surface area contributed by atoms with Crippen molar-refractivity contribution >= 4 is 10.9 Å². The Kier molecular flexibility index (Phi) is 2.96. The van der Waals surface area contributed by atoms with Gasteiger partial charge in [0.1, 0.15) is 5.69 Å². The van der Waals surface area contributed by atoms with E-state index in [9.17, 15) is 0 Å². The summed E-state index contributed by atoms with van der Waals surface area (Å²) in [5.41, 5.74) is 5.28. The number of aromatic amines is 1. The summed E-state index contributed by atoms with van der Waals surface area (Å²) in [5.74, 6) is 0. The number of nitrogens with zero attached hydrogens (tertiary/aromatic N) is 4. The molecule has 0 aliphatic rings. The van der Waals surface area contributed by atoms with Gasteiger partial charge < -0.3 is 0 Å². The molecule has 0 saturated heterocycles. The van der Waals surface area contributed by atoms with E-state index in [0.717, 1.165) is 34.4 Å². The first kappa shape index (κ1) is 12.8. The molecule has 0 aliphatic carbocycles. The molecule has 0 spiro atoms. The van der Waals surface area contributed by atoms with Crippen molar-refractivity contribution in [3.05, 3.63) is 66.0 Å². The summed E-state index contributed by atoms with van der Waals surface area (Å²) < 4.78 is 1.93. The van der Waals surface area contributed by atoms with Crippen LogP contribution in [0.4, 0.5) is 0 Å². The molecule has 0 aliphatic heterocycles. The standard InChI is InChI=1S/C17H15N5/c1-12-17(14-7-8-16-15(9-14)10-18-19-16)20-21-22(12)11-13-5-3-2-4-6-13/h2-10H,11H2,1H3,(H,18,19). The third-order valence-corrected chi connectivity index (χ3v) is 3.87. The molecule has 0 radical (unpaired) electrons. The Morgan fingerprint density at radius 1 is 1.09 bits per heavy atom. The molecular weight excluding hydrogens is 274 g/mol. The van der Waals surface area contributed by atoms with Crippen molar-refractivity contribution in [3.63, 3.8) is 0 Å². The highest BCUT2D eigenvalue weighted by molar-refractivity contribution is 5.83. The zero-order valence-electron chi connectivity index (χ0n) is 12.2. The van der Waals surface area contributed by atoms with E-state index in [4.69, 9.17) is 0 Å². The van der Waals surface area contributed by atoms with E-state index < -0.39 is 0 Å². The number of nitrogens with one attached hydrogen (secondary N) is 1. The van der Waals surface area contributed by atoms with Gasteiger partial charge in [0.05, 0.1) is 24.0 Å². The first-order chi connectivity index (χ1) is 10.8. The quantitative estimate of drug-likeness (QED) is 0.630. The third-order valence-electron chi connectivity index (χ3n) is 3.87. The lowest BCUT2D eigenvalue weighted by Crippen LogP contribution is -2.03. The van der Waals surface area contributed by atoms with Crippen LogP contribution in [0.1, 0.15) is 11.3 Å². The van der Waals surface area contributed by atoms with Crippen LogP contribution in [0.25, 0.3) is 22.2 Å². The van der Waals surface area contributed by atoms with Crippen LogP contribution < -0.4 is 0 Å². The van der Waals surface area contributed by atoms with Gasteiger partial charge in [0.25, 0.3) is 0 Å². The SMILES string of the molecule is Cc1c(-c2ccc3[nH]ncc3c2)nnn1Cc1ccccc1. The number of aromatic nitrogens is 5. The maximum Gasteiger partial charge on any atom is 0.115 e. The van der Waals surface area contributed by atoms with Crippen LogP contribution in [0.15, 0.2) is 54.7 Å². The van der Waals surface area contributed by atoms with Crippen LogP contribution in [0.2, 0.25) is 0 Å². The van der Waals surface area contributed by atoms with Crippen molar-refractivity contribution in [1.82, 2.24) is 25.2 Å². The Bertz CT molecular complexity index is 921. The molecular formula is C17H15N5. The predicted molar refractivity (Wildman–Crippen MR) is 85.4 cm³/mol. The Morgan fingerprint density at radius 3 is 2.82 bits per heavy atom. The zero-order chi connectivity index (χ0) is 14.9. The van der Waals surface area contributed by atoms with Crippen molar-refractivity contribution in [3.8, 4) is 11.3 Å². The molecule has 2 aromatic carbocycles. The molecule has 0 amide bonds. The summed E-state index contributed by atoms with van der Waals surface area (Å²) in [6.45, 7) is 2.78. The van der Waals surface area contributed by atoms with Gasteiger partial charge in [-0.2, -0.15) is 5.10 Å². The molecule has 0 bridgehead atoms. The smallest absolute Gasteiger partial charge is 0.115 e. The highest BCUT2D eigenvalue weighted by Gasteiger charge is 2.11.